The van der Waals surface area contributed by atoms with Crippen LogP contribution in [0.3, 0.4) is 0 Å². The van der Waals surface area contributed by atoms with Crippen LogP contribution in [0, 0.1) is 6.92 Å². The summed E-state index contributed by atoms with van der Waals surface area (Å²) in [5, 5.41) is 0. The van der Waals surface area contributed by atoms with E-state index in [9.17, 15) is 8.42 Å². The molecule has 0 spiro atoms. The molecule has 0 amide bonds. The molecule has 0 N–H and O–H groups in total. The van der Waals surface area contributed by atoms with Crippen LogP contribution in [-0.4, -0.2) is 25.9 Å². The Hall–Kier alpha value is -1.85. The first-order valence-electron chi connectivity index (χ1n) is 8.33. The Kier molecular flexibility index (Phi) is 4.92. The molecule has 1 fully saturated rings. The molecule has 2 aromatic carbocycles. The van der Waals surface area contributed by atoms with Gasteiger partial charge >= 0.3 is 0 Å². The lowest BCUT2D eigenvalue weighted by atomic mass is 10.0. The second-order valence-electron chi connectivity index (χ2n) is 6.09. The second kappa shape index (κ2) is 6.95. The van der Waals surface area contributed by atoms with Crippen molar-refractivity contribution in [1.82, 2.24) is 4.31 Å². The molecule has 2 aromatic rings. The Morgan fingerprint density at radius 1 is 1.08 bits per heavy atom. The predicted molar refractivity (Wildman–Crippen MR) is 94.7 cm³/mol. The molecule has 5 heteroatoms. The number of benzene rings is 2. The van der Waals surface area contributed by atoms with E-state index in [1.165, 1.54) is 5.56 Å². The molecule has 0 saturated carbocycles. The zero-order valence-electron chi connectivity index (χ0n) is 14.1. The number of nitrogens with zero attached hydrogens (tertiary/aromatic N) is 1. The minimum Gasteiger partial charge on any atom is -0.494 e. The Morgan fingerprint density at radius 2 is 1.75 bits per heavy atom. The Bertz CT molecular complexity index is 782. The first-order valence-corrected chi connectivity index (χ1v) is 9.77. The Balaban J connectivity index is 1.88. The molecule has 1 heterocycles. The van der Waals surface area contributed by atoms with E-state index >= 15 is 0 Å². The molecule has 0 aliphatic carbocycles. The van der Waals surface area contributed by atoms with Crippen LogP contribution in [0.2, 0.25) is 0 Å². The third-order valence-corrected chi connectivity index (χ3v) is 6.33. The van der Waals surface area contributed by atoms with Gasteiger partial charge in [-0.25, -0.2) is 8.42 Å². The summed E-state index contributed by atoms with van der Waals surface area (Å²) in [7, 11) is -3.50. The van der Waals surface area contributed by atoms with Gasteiger partial charge in [0.15, 0.2) is 0 Å². The van der Waals surface area contributed by atoms with E-state index in [2.05, 4.69) is 0 Å². The van der Waals surface area contributed by atoms with E-state index in [-0.39, 0.29) is 6.04 Å². The smallest absolute Gasteiger partial charge is 0.243 e. The van der Waals surface area contributed by atoms with E-state index < -0.39 is 10.0 Å². The third kappa shape index (κ3) is 3.32. The maximum absolute atomic E-state index is 13.0. The molecule has 0 radical (unpaired) electrons. The van der Waals surface area contributed by atoms with E-state index in [0.29, 0.717) is 23.8 Å². The van der Waals surface area contributed by atoms with E-state index in [0.717, 1.165) is 18.4 Å². The topological polar surface area (TPSA) is 46.6 Å². The molecule has 3 rings (SSSR count). The molecule has 1 unspecified atom stereocenters. The average Bonchev–Trinajstić information content (AvgIpc) is 3.07. The van der Waals surface area contributed by atoms with Crippen LogP contribution < -0.4 is 4.74 Å². The number of ether oxygens (including phenoxy) is 1. The van der Waals surface area contributed by atoms with Gasteiger partial charge in [0.1, 0.15) is 5.75 Å². The lowest BCUT2D eigenvalue weighted by Gasteiger charge is -2.24. The standard InChI is InChI=1S/C19H23NO3S/c1-3-23-17-10-12-18(13-11-17)24(21,22)20-14-4-5-19(20)16-8-6-15(2)7-9-16/h6-13,19H,3-5,14H2,1-2H3. The Labute approximate surface area is 144 Å². The zero-order valence-corrected chi connectivity index (χ0v) is 14.9. The van der Waals surface area contributed by atoms with Crippen LogP contribution in [0.15, 0.2) is 53.4 Å². The van der Waals surface area contributed by atoms with Gasteiger partial charge in [0, 0.05) is 6.54 Å². The van der Waals surface area contributed by atoms with Crippen LogP contribution in [0.4, 0.5) is 0 Å². The van der Waals surface area contributed by atoms with Crippen molar-refractivity contribution < 1.29 is 13.2 Å². The lowest BCUT2D eigenvalue weighted by Crippen LogP contribution is -2.30. The van der Waals surface area contributed by atoms with Crippen LogP contribution >= 0.6 is 0 Å². The molecule has 0 aromatic heterocycles. The highest BCUT2D eigenvalue weighted by Crippen LogP contribution is 2.36. The summed E-state index contributed by atoms with van der Waals surface area (Å²) in [4.78, 5) is 0.324. The van der Waals surface area contributed by atoms with Gasteiger partial charge in [0.05, 0.1) is 17.5 Å². The monoisotopic (exact) mass is 345 g/mol. The number of sulfonamides is 1. The first kappa shape index (κ1) is 17.0. The van der Waals surface area contributed by atoms with Gasteiger partial charge in [-0.3, -0.25) is 0 Å². The summed E-state index contributed by atoms with van der Waals surface area (Å²) < 4.78 is 33.1. The normalized spacial score (nSPS) is 18.7. The number of rotatable bonds is 5. The van der Waals surface area contributed by atoms with Crippen molar-refractivity contribution in [3.8, 4) is 5.75 Å². The first-order chi connectivity index (χ1) is 11.5. The molecular formula is C19H23NO3S. The van der Waals surface area contributed by atoms with E-state index in [4.69, 9.17) is 4.74 Å². The van der Waals surface area contributed by atoms with Crippen molar-refractivity contribution in [3.05, 3.63) is 59.7 Å². The Morgan fingerprint density at radius 3 is 2.38 bits per heavy atom. The van der Waals surface area contributed by atoms with Gasteiger partial charge in [-0.1, -0.05) is 29.8 Å². The summed E-state index contributed by atoms with van der Waals surface area (Å²) in [6, 6.07) is 14.8. The van der Waals surface area contributed by atoms with Crippen molar-refractivity contribution in [2.75, 3.05) is 13.2 Å². The fourth-order valence-corrected chi connectivity index (χ4v) is 4.84. The lowest BCUT2D eigenvalue weighted by molar-refractivity contribution is 0.340. The van der Waals surface area contributed by atoms with Crippen LogP contribution in [-0.2, 0) is 10.0 Å². The van der Waals surface area contributed by atoms with Crippen LogP contribution in [0.1, 0.15) is 36.9 Å². The molecule has 24 heavy (non-hydrogen) atoms. The molecular weight excluding hydrogens is 322 g/mol. The maximum atomic E-state index is 13.0. The van der Waals surface area contributed by atoms with Crippen molar-refractivity contribution in [1.29, 1.82) is 0 Å². The maximum Gasteiger partial charge on any atom is 0.243 e. The largest absolute Gasteiger partial charge is 0.494 e. The average molecular weight is 345 g/mol. The van der Waals surface area contributed by atoms with Gasteiger partial charge in [-0.2, -0.15) is 4.31 Å². The summed E-state index contributed by atoms with van der Waals surface area (Å²) in [5.41, 5.74) is 2.24. The molecule has 4 nitrogen and oxygen atoms in total. The van der Waals surface area contributed by atoms with Crippen molar-refractivity contribution in [2.24, 2.45) is 0 Å². The van der Waals surface area contributed by atoms with Gasteiger partial charge in [-0.05, 0) is 56.5 Å². The SMILES string of the molecule is CCOc1ccc(S(=O)(=O)N2CCCC2c2ccc(C)cc2)cc1. The number of hydrogen-bond donors (Lipinski definition) is 0. The highest BCUT2D eigenvalue weighted by molar-refractivity contribution is 7.89. The van der Waals surface area contributed by atoms with Gasteiger partial charge in [0.2, 0.25) is 10.0 Å². The van der Waals surface area contributed by atoms with Crippen molar-refractivity contribution in [2.45, 2.75) is 37.6 Å². The van der Waals surface area contributed by atoms with Crippen LogP contribution in [0.25, 0.3) is 0 Å². The van der Waals surface area contributed by atoms with Crippen molar-refractivity contribution in [3.63, 3.8) is 0 Å². The minimum atomic E-state index is -3.50. The predicted octanol–water partition coefficient (Wildman–Crippen LogP) is 3.92. The molecule has 1 saturated heterocycles. The number of hydrogen-bond acceptors (Lipinski definition) is 3. The fourth-order valence-electron chi connectivity index (χ4n) is 3.16. The van der Waals surface area contributed by atoms with Gasteiger partial charge in [0.25, 0.3) is 0 Å². The second-order valence-corrected chi connectivity index (χ2v) is 7.98. The minimum absolute atomic E-state index is 0.0813. The summed E-state index contributed by atoms with van der Waals surface area (Å²) in [5.74, 6) is 0.688. The molecule has 1 aliphatic rings. The third-order valence-electron chi connectivity index (χ3n) is 4.41. The summed E-state index contributed by atoms with van der Waals surface area (Å²) >= 11 is 0. The van der Waals surface area contributed by atoms with E-state index in [1.54, 1.807) is 28.6 Å². The van der Waals surface area contributed by atoms with Crippen molar-refractivity contribution >= 4 is 10.0 Å². The summed E-state index contributed by atoms with van der Waals surface area (Å²) in [6.07, 6.45) is 1.74. The highest BCUT2D eigenvalue weighted by Gasteiger charge is 2.36. The van der Waals surface area contributed by atoms with Gasteiger partial charge in [-0.15, -0.1) is 0 Å². The highest BCUT2D eigenvalue weighted by atomic mass is 32.2. The molecule has 1 atom stereocenters. The van der Waals surface area contributed by atoms with E-state index in [1.807, 2.05) is 38.1 Å². The fraction of sp³-hybridized carbons (Fsp3) is 0.368. The van der Waals surface area contributed by atoms with Gasteiger partial charge < -0.3 is 4.74 Å². The molecule has 128 valence electrons. The quantitative estimate of drug-likeness (QED) is 0.825. The molecule has 1 aliphatic heterocycles. The number of aryl methyl sites for hydroxylation is 1. The molecule has 0 bridgehead atoms. The summed E-state index contributed by atoms with van der Waals surface area (Å²) in [6.45, 7) is 5.07. The van der Waals surface area contributed by atoms with Crippen LogP contribution in [0.5, 0.6) is 5.75 Å². The zero-order chi connectivity index (χ0) is 17.2.